The number of hydrogen-bond acceptors (Lipinski definition) is 4. The van der Waals surface area contributed by atoms with Crippen molar-refractivity contribution in [2.75, 3.05) is 29.0 Å². The number of carbonyl (C=O) groups is 2. The minimum absolute atomic E-state index is 0.0892. The lowest BCUT2D eigenvalue weighted by Gasteiger charge is -2.23. The third-order valence-electron chi connectivity index (χ3n) is 6.06. The van der Waals surface area contributed by atoms with Gasteiger partial charge in [0.25, 0.3) is 11.8 Å². The van der Waals surface area contributed by atoms with Crippen LogP contribution in [0.1, 0.15) is 44.7 Å². The molecule has 1 aliphatic rings. The molecule has 1 aliphatic heterocycles. The van der Waals surface area contributed by atoms with Crippen molar-refractivity contribution in [1.29, 1.82) is 0 Å². The molecule has 1 N–H and O–H groups in total. The van der Waals surface area contributed by atoms with E-state index in [0.29, 0.717) is 22.5 Å². The first kappa shape index (κ1) is 24.5. The molecule has 182 valence electrons. The number of carbonyl (C=O) groups excluding carboxylic acids is 2. The Hall–Kier alpha value is -3.65. The standard InChI is InChI=1S/C27H29N3O4S/c1-20-9-11-21(12-10-20)19-30(35(2,33)34)23-15-13-22(14-16-23)26(31)28-25-8-4-3-7-24(25)27(32)29-17-5-6-18-29/h3-4,7-16H,5-6,17-19H2,1-2H3,(H,28,31). The Labute approximate surface area is 206 Å². The molecule has 0 atom stereocenters. The van der Waals surface area contributed by atoms with Gasteiger partial charge in [-0.05, 0) is 61.7 Å². The quantitative estimate of drug-likeness (QED) is 0.529. The van der Waals surface area contributed by atoms with E-state index in [4.69, 9.17) is 0 Å². The molecule has 8 heteroatoms. The van der Waals surface area contributed by atoms with Crippen LogP contribution in [0.5, 0.6) is 0 Å². The monoisotopic (exact) mass is 491 g/mol. The zero-order chi connectivity index (χ0) is 25.0. The van der Waals surface area contributed by atoms with E-state index in [0.717, 1.165) is 43.3 Å². The minimum Gasteiger partial charge on any atom is -0.339 e. The Bertz CT molecular complexity index is 1310. The number of sulfonamides is 1. The van der Waals surface area contributed by atoms with Crippen LogP contribution in [0, 0.1) is 6.92 Å². The van der Waals surface area contributed by atoms with Gasteiger partial charge in [0, 0.05) is 18.7 Å². The fourth-order valence-electron chi connectivity index (χ4n) is 4.10. The fourth-order valence-corrected chi connectivity index (χ4v) is 4.99. The van der Waals surface area contributed by atoms with Crippen molar-refractivity contribution in [3.63, 3.8) is 0 Å². The molecule has 0 radical (unpaired) electrons. The molecule has 0 saturated carbocycles. The van der Waals surface area contributed by atoms with Crippen molar-refractivity contribution in [3.05, 3.63) is 95.1 Å². The second-order valence-corrected chi connectivity index (χ2v) is 10.7. The molecule has 0 bridgehead atoms. The molecular weight excluding hydrogens is 462 g/mol. The number of nitrogens with one attached hydrogen (secondary N) is 1. The number of anilines is 2. The van der Waals surface area contributed by atoms with E-state index in [-0.39, 0.29) is 18.4 Å². The molecular formula is C27H29N3O4S. The Morgan fingerprint density at radius 1 is 0.914 bits per heavy atom. The van der Waals surface area contributed by atoms with Crippen LogP contribution in [-0.2, 0) is 16.6 Å². The normalized spacial score (nSPS) is 13.5. The number of amides is 2. The molecule has 0 aromatic heterocycles. The first-order valence-electron chi connectivity index (χ1n) is 11.6. The van der Waals surface area contributed by atoms with E-state index in [2.05, 4.69) is 5.32 Å². The molecule has 3 aromatic rings. The van der Waals surface area contributed by atoms with Crippen molar-refractivity contribution in [2.45, 2.75) is 26.3 Å². The van der Waals surface area contributed by atoms with Crippen molar-refractivity contribution < 1.29 is 18.0 Å². The number of likely N-dealkylation sites (tertiary alicyclic amines) is 1. The molecule has 1 heterocycles. The fraction of sp³-hybridized carbons (Fsp3) is 0.259. The van der Waals surface area contributed by atoms with Gasteiger partial charge in [-0.15, -0.1) is 0 Å². The summed E-state index contributed by atoms with van der Waals surface area (Å²) in [4.78, 5) is 27.6. The summed E-state index contributed by atoms with van der Waals surface area (Å²) >= 11 is 0. The highest BCUT2D eigenvalue weighted by Crippen LogP contribution is 2.24. The number of nitrogens with zero attached hydrogens (tertiary/aromatic N) is 2. The maximum atomic E-state index is 12.9. The molecule has 0 aliphatic carbocycles. The van der Waals surface area contributed by atoms with E-state index in [1.807, 2.05) is 31.2 Å². The molecule has 0 spiro atoms. The highest BCUT2D eigenvalue weighted by atomic mass is 32.2. The van der Waals surface area contributed by atoms with E-state index in [1.54, 1.807) is 53.4 Å². The van der Waals surface area contributed by atoms with E-state index in [9.17, 15) is 18.0 Å². The number of aryl methyl sites for hydroxylation is 1. The molecule has 2 amide bonds. The summed E-state index contributed by atoms with van der Waals surface area (Å²) in [6, 6.07) is 21.1. The molecule has 35 heavy (non-hydrogen) atoms. The number of benzene rings is 3. The van der Waals surface area contributed by atoms with E-state index < -0.39 is 10.0 Å². The largest absolute Gasteiger partial charge is 0.339 e. The number of rotatable bonds is 7. The average Bonchev–Trinajstić information content (AvgIpc) is 3.38. The molecule has 1 fully saturated rings. The summed E-state index contributed by atoms with van der Waals surface area (Å²) in [5, 5.41) is 2.84. The van der Waals surface area contributed by atoms with Gasteiger partial charge in [-0.1, -0.05) is 42.0 Å². The number of para-hydroxylation sites is 1. The Morgan fingerprint density at radius 3 is 2.17 bits per heavy atom. The van der Waals surface area contributed by atoms with Crippen molar-refractivity contribution in [2.24, 2.45) is 0 Å². The number of hydrogen-bond donors (Lipinski definition) is 1. The lowest BCUT2D eigenvalue weighted by atomic mass is 10.1. The maximum absolute atomic E-state index is 12.9. The Morgan fingerprint density at radius 2 is 1.54 bits per heavy atom. The molecule has 0 unspecified atom stereocenters. The molecule has 4 rings (SSSR count). The third kappa shape index (κ3) is 5.89. The highest BCUT2D eigenvalue weighted by Gasteiger charge is 2.23. The van der Waals surface area contributed by atoms with Gasteiger partial charge in [-0.25, -0.2) is 8.42 Å². The molecule has 1 saturated heterocycles. The van der Waals surface area contributed by atoms with Gasteiger partial charge < -0.3 is 10.2 Å². The van der Waals surface area contributed by atoms with Gasteiger partial charge in [0.1, 0.15) is 0 Å². The highest BCUT2D eigenvalue weighted by molar-refractivity contribution is 7.92. The summed E-state index contributed by atoms with van der Waals surface area (Å²) < 4.78 is 26.3. The zero-order valence-electron chi connectivity index (χ0n) is 19.9. The van der Waals surface area contributed by atoms with Crippen LogP contribution >= 0.6 is 0 Å². The second kappa shape index (κ2) is 10.3. The van der Waals surface area contributed by atoms with Gasteiger partial charge in [0.05, 0.1) is 29.7 Å². The van der Waals surface area contributed by atoms with E-state index >= 15 is 0 Å². The first-order valence-corrected chi connectivity index (χ1v) is 13.4. The zero-order valence-corrected chi connectivity index (χ0v) is 20.7. The van der Waals surface area contributed by atoms with Gasteiger partial charge in [0.2, 0.25) is 10.0 Å². The predicted octanol–water partition coefficient (Wildman–Crippen LogP) is 4.45. The molecule has 7 nitrogen and oxygen atoms in total. The Balaban J connectivity index is 1.52. The van der Waals surface area contributed by atoms with Crippen molar-refractivity contribution in [1.82, 2.24) is 4.90 Å². The topological polar surface area (TPSA) is 86.8 Å². The average molecular weight is 492 g/mol. The minimum atomic E-state index is -3.54. The van der Waals surface area contributed by atoms with Crippen molar-refractivity contribution in [3.8, 4) is 0 Å². The van der Waals surface area contributed by atoms with E-state index in [1.165, 1.54) is 4.31 Å². The van der Waals surface area contributed by atoms with Gasteiger partial charge in [-0.2, -0.15) is 0 Å². The summed E-state index contributed by atoms with van der Waals surface area (Å²) in [5.74, 6) is -0.462. The van der Waals surface area contributed by atoms with Crippen LogP contribution in [0.15, 0.2) is 72.8 Å². The van der Waals surface area contributed by atoms with Crippen LogP contribution in [0.2, 0.25) is 0 Å². The summed E-state index contributed by atoms with van der Waals surface area (Å²) in [7, 11) is -3.54. The maximum Gasteiger partial charge on any atom is 0.255 e. The van der Waals surface area contributed by atoms with Crippen LogP contribution < -0.4 is 9.62 Å². The van der Waals surface area contributed by atoms with Crippen LogP contribution in [0.25, 0.3) is 0 Å². The summed E-state index contributed by atoms with van der Waals surface area (Å²) in [6.45, 7) is 3.61. The summed E-state index contributed by atoms with van der Waals surface area (Å²) in [5.41, 5.74) is 3.70. The smallest absolute Gasteiger partial charge is 0.255 e. The van der Waals surface area contributed by atoms with Crippen LogP contribution in [-0.4, -0.2) is 44.5 Å². The van der Waals surface area contributed by atoms with Gasteiger partial charge in [0.15, 0.2) is 0 Å². The summed E-state index contributed by atoms with van der Waals surface area (Å²) in [6.07, 6.45) is 3.14. The van der Waals surface area contributed by atoms with Crippen LogP contribution in [0.4, 0.5) is 11.4 Å². The Kier molecular flexibility index (Phi) is 7.21. The lowest BCUT2D eigenvalue weighted by molar-refractivity contribution is 0.0794. The third-order valence-corrected chi connectivity index (χ3v) is 7.20. The second-order valence-electron chi connectivity index (χ2n) is 8.80. The van der Waals surface area contributed by atoms with Gasteiger partial charge >= 0.3 is 0 Å². The predicted molar refractivity (Wildman–Crippen MR) is 138 cm³/mol. The lowest BCUT2D eigenvalue weighted by Crippen LogP contribution is -2.29. The molecule has 3 aromatic carbocycles. The van der Waals surface area contributed by atoms with Gasteiger partial charge in [-0.3, -0.25) is 13.9 Å². The van der Waals surface area contributed by atoms with Crippen molar-refractivity contribution >= 4 is 33.2 Å². The van der Waals surface area contributed by atoms with Crippen LogP contribution in [0.3, 0.4) is 0 Å². The first-order chi connectivity index (χ1) is 16.7. The SMILES string of the molecule is Cc1ccc(CN(c2ccc(C(=O)Nc3ccccc3C(=O)N3CCCC3)cc2)S(C)(=O)=O)cc1.